The van der Waals surface area contributed by atoms with Crippen LogP contribution in [0.15, 0.2) is 48.3 Å². The Labute approximate surface area is 200 Å². The van der Waals surface area contributed by atoms with Crippen molar-refractivity contribution in [2.75, 3.05) is 19.9 Å². The Morgan fingerprint density at radius 3 is 2.50 bits per heavy atom. The molecular formula is C28H34F4O2. The van der Waals surface area contributed by atoms with Gasteiger partial charge >= 0.3 is 0 Å². The summed E-state index contributed by atoms with van der Waals surface area (Å²) in [5.74, 6) is -2.36. The largest absolute Gasteiger partial charge is 0.490 e. The predicted molar refractivity (Wildman–Crippen MR) is 128 cm³/mol. The van der Waals surface area contributed by atoms with Crippen molar-refractivity contribution in [2.24, 2.45) is 0 Å². The smallest absolute Gasteiger partial charge is 0.201 e. The maximum absolute atomic E-state index is 14.7. The van der Waals surface area contributed by atoms with Crippen molar-refractivity contribution >= 4 is 0 Å². The monoisotopic (exact) mass is 478 g/mol. The first kappa shape index (κ1) is 26.3. The topological polar surface area (TPSA) is 18.5 Å². The molecule has 1 aliphatic heterocycles. The van der Waals surface area contributed by atoms with E-state index in [0.717, 1.165) is 50.5 Å². The minimum Gasteiger partial charge on any atom is -0.490 e. The molecule has 0 aliphatic carbocycles. The van der Waals surface area contributed by atoms with Crippen molar-refractivity contribution in [1.29, 1.82) is 0 Å². The van der Waals surface area contributed by atoms with Crippen LogP contribution in [-0.4, -0.2) is 26.0 Å². The number of ether oxygens (including phenoxy) is 2. The zero-order chi connectivity index (χ0) is 24.3. The molecule has 6 heteroatoms. The molecular weight excluding hydrogens is 444 g/mol. The molecule has 186 valence electrons. The lowest BCUT2D eigenvalue weighted by Gasteiger charge is -2.29. The van der Waals surface area contributed by atoms with E-state index in [2.05, 4.69) is 6.92 Å². The van der Waals surface area contributed by atoms with Crippen molar-refractivity contribution in [2.45, 2.75) is 70.3 Å². The van der Waals surface area contributed by atoms with Gasteiger partial charge in [0.15, 0.2) is 11.6 Å². The minimum atomic E-state index is -1.04. The molecule has 0 saturated carbocycles. The highest BCUT2D eigenvalue weighted by Gasteiger charge is 2.23. The lowest BCUT2D eigenvalue weighted by atomic mass is 9.89. The molecule has 2 atom stereocenters. The van der Waals surface area contributed by atoms with Gasteiger partial charge in [0.05, 0.1) is 19.3 Å². The molecule has 1 aliphatic rings. The van der Waals surface area contributed by atoms with E-state index in [1.807, 2.05) is 24.3 Å². The van der Waals surface area contributed by atoms with Gasteiger partial charge in [-0.2, -0.15) is 4.39 Å². The van der Waals surface area contributed by atoms with Gasteiger partial charge in [-0.15, -0.1) is 0 Å². The molecule has 1 saturated heterocycles. The van der Waals surface area contributed by atoms with Gasteiger partial charge in [-0.05, 0) is 61.8 Å². The highest BCUT2D eigenvalue weighted by Crippen LogP contribution is 2.33. The average molecular weight is 479 g/mol. The van der Waals surface area contributed by atoms with Gasteiger partial charge in [-0.1, -0.05) is 50.1 Å². The minimum absolute atomic E-state index is 0.0496. The van der Waals surface area contributed by atoms with Crippen LogP contribution < -0.4 is 4.74 Å². The lowest BCUT2D eigenvalue weighted by molar-refractivity contribution is -0.00167. The molecule has 0 radical (unpaired) electrons. The number of unbranched alkanes of at least 4 members (excludes halogenated alkanes) is 3. The number of halogens is 4. The lowest BCUT2D eigenvalue weighted by Crippen LogP contribution is -2.24. The van der Waals surface area contributed by atoms with E-state index in [0.29, 0.717) is 25.2 Å². The first-order valence-corrected chi connectivity index (χ1v) is 12.3. The van der Waals surface area contributed by atoms with Crippen molar-refractivity contribution in [3.8, 4) is 16.9 Å². The molecule has 0 spiro atoms. The van der Waals surface area contributed by atoms with Crippen LogP contribution in [0.25, 0.3) is 11.1 Å². The summed E-state index contributed by atoms with van der Waals surface area (Å²) in [4.78, 5) is 0. The quantitative estimate of drug-likeness (QED) is 0.225. The van der Waals surface area contributed by atoms with E-state index in [1.165, 1.54) is 12.1 Å². The predicted octanol–water partition coefficient (Wildman–Crippen LogP) is 8.46. The van der Waals surface area contributed by atoms with Gasteiger partial charge in [-0.25, -0.2) is 13.2 Å². The summed E-state index contributed by atoms with van der Waals surface area (Å²) in [5, 5.41) is 0. The Hall–Kier alpha value is -2.34. The summed E-state index contributed by atoms with van der Waals surface area (Å²) >= 11 is 0. The molecule has 2 aromatic rings. The normalized spacial score (nSPS) is 18.8. The fourth-order valence-electron chi connectivity index (χ4n) is 4.29. The molecule has 3 rings (SSSR count). The Balaban J connectivity index is 1.53. The second kappa shape index (κ2) is 13.5. The Morgan fingerprint density at radius 1 is 1.03 bits per heavy atom. The SMILES string of the molecule is CCCCCOc1ccc(-c2ccc(C3CCC(CCCC=C(F)CF)OC3)cc2)c(F)c1F. The maximum atomic E-state index is 14.7. The zero-order valence-electron chi connectivity index (χ0n) is 19.8. The van der Waals surface area contributed by atoms with Gasteiger partial charge in [-0.3, -0.25) is 0 Å². The van der Waals surface area contributed by atoms with E-state index >= 15 is 0 Å². The summed E-state index contributed by atoms with van der Waals surface area (Å²) in [6.07, 6.45) is 8.24. The summed E-state index contributed by atoms with van der Waals surface area (Å²) in [7, 11) is 0. The summed E-state index contributed by atoms with van der Waals surface area (Å²) in [5.41, 5.74) is 1.93. The molecule has 1 fully saturated rings. The van der Waals surface area contributed by atoms with Crippen LogP contribution in [0.3, 0.4) is 0 Å². The highest BCUT2D eigenvalue weighted by molar-refractivity contribution is 5.65. The van der Waals surface area contributed by atoms with Crippen LogP contribution in [0, 0.1) is 11.6 Å². The van der Waals surface area contributed by atoms with Gasteiger partial charge in [0.2, 0.25) is 5.82 Å². The van der Waals surface area contributed by atoms with Crippen molar-refractivity contribution in [3.05, 3.63) is 65.5 Å². The molecule has 2 aromatic carbocycles. The van der Waals surface area contributed by atoms with Crippen LogP contribution in [-0.2, 0) is 4.74 Å². The van der Waals surface area contributed by atoms with E-state index in [-0.39, 0.29) is 23.3 Å². The zero-order valence-corrected chi connectivity index (χ0v) is 19.8. The molecule has 0 N–H and O–H groups in total. The Bertz CT molecular complexity index is 919. The van der Waals surface area contributed by atoms with Crippen LogP contribution in [0.1, 0.15) is 69.8 Å². The average Bonchev–Trinajstić information content (AvgIpc) is 2.87. The second-order valence-corrected chi connectivity index (χ2v) is 8.86. The van der Waals surface area contributed by atoms with Crippen molar-refractivity contribution in [3.63, 3.8) is 0 Å². The number of hydrogen-bond donors (Lipinski definition) is 0. The molecule has 0 bridgehead atoms. The van der Waals surface area contributed by atoms with Gasteiger partial charge in [0.1, 0.15) is 12.5 Å². The van der Waals surface area contributed by atoms with Gasteiger partial charge in [0, 0.05) is 11.5 Å². The summed E-state index contributed by atoms with van der Waals surface area (Å²) in [6.45, 7) is 1.99. The van der Waals surface area contributed by atoms with Crippen molar-refractivity contribution < 1.29 is 27.0 Å². The first-order valence-electron chi connectivity index (χ1n) is 12.3. The fraction of sp³-hybridized carbons (Fsp3) is 0.500. The first-order chi connectivity index (χ1) is 16.5. The highest BCUT2D eigenvalue weighted by atomic mass is 19.2. The van der Waals surface area contributed by atoms with E-state index in [1.54, 1.807) is 6.07 Å². The van der Waals surface area contributed by atoms with E-state index < -0.39 is 24.1 Å². The molecule has 0 amide bonds. The van der Waals surface area contributed by atoms with E-state index in [9.17, 15) is 17.6 Å². The van der Waals surface area contributed by atoms with E-state index in [4.69, 9.17) is 9.47 Å². The number of hydrogen-bond acceptors (Lipinski definition) is 2. The third-order valence-corrected chi connectivity index (χ3v) is 6.34. The van der Waals surface area contributed by atoms with Crippen LogP contribution in [0.2, 0.25) is 0 Å². The number of alkyl halides is 1. The summed E-state index contributed by atoms with van der Waals surface area (Å²) in [6, 6.07) is 10.6. The second-order valence-electron chi connectivity index (χ2n) is 8.86. The molecule has 1 heterocycles. The van der Waals surface area contributed by atoms with Crippen LogP contribution in [0.4, 0.5) is 17.6 Å². The third kappa shape index (κ3) is 7.33. The van der Waals surface area contributed by atoms with Crippen molar-refractivity contribution in [1.82, 2.24) is 0 Å². The fourth-order valence-corrected chi connectivity index (χ4v) is 4.29. The standard InChI is InChI=1S/C28H34F4O2/c1-2-3-6-17-33-26-16-15-25(27(31)28(26)32)21-11-9-20(10-12-21)22-13-14-24(34-19-22)8-5-4-7-23(30)18-29/h7,9-12,15-16,22,24H,2-6,8,13-14,17-19H2,1H3. The van der Waals surface area contributed by atoms with Gasteiger partial charge in [0.25, 0.3) is 0 Å². The number of benzene rings is 2. The molecule has 0 aromatic heterocycles. The molecule has 2 unspecified atom stereocenters. The Morgan fingerprint density at radius 2 is 1.82 bits per heavy atom. The summed E-state index contributed by atoms with van der Waals surface area (Å²) < 4.78 is 65.5. The third-order valence-electron chi connectivity index (χ3n) is 6.34. The molecule has 34 heavy (non-hydrogen) atoms. The van der Waals surface area contributed by atoms with Crippen LogP contribution in [0.5, 0.6) is 5.75 Å². The Kier molecular flexibility index (Phi) is 10.4. The van der Waals surface area contributed by atoms with Crippen LogP contribution >= 0.6 is 0 Å². The number of allylic oxidation sites excluding steroid dienone is 2. The molecule has 2 nitrogen and oxygen atoms in total. The maximum Gasteiger partial charge on any atom is 0.201 e. The number of rotatable bonds is 12. The van der Waals surface area contributed by atoms with Gasteiger partial charge < -0.3 is 9.47 Å².